The molecule has 2 atom stereocenters. The highest BCUT2D eigenvalue weighted by Crippen LogP contribution is 2.54. The molecule has 3 heteroatoms. The summed E-state index contributed by atoms with van der Waals surface area (Å²) in [6, 6.07) is 5.99. The fraction of sp³-hybridized carbons (Fsp3) is 0.438. The molecular weight excluding hydrogens is 240 g/mol. The number of allylic oxidation sites excluding steroid dienone is 1. The van der Waals surface area contributed by atoms with Crippen molar-refractivity contribution in [2.45, 2.75) is 37.2 Å². The van der Waals surface area contributed by atoms with Gasteiger partial charge >= 0.3 is 0 Å². The molecule has 0 bridgehead atoms. The molecule has 1 saturated carbocycles. The van der Waals surface area contributed by atoms with Crippen molar-refractivity contribution in [2.24, 2.45) is 0 Å². The summed E-state index contributed by atoms with van der Waals surface area (Å²) in [6.07, 6.45) is 4.66. The molecule has 1 heterocycles. The summed E-state index contributed by atoms with van der Waals surface area (Å²) in [7, 11) is 1.65. The molecule has 0 N–H and O–H groups in total. The van der Waals surface area contributed by atoms with Gasteiger partial charge in [-0.3, -0.25) is 4.79 Å². The quantitative estimate of drug-likeness (QED) is 0.782. The van der Waals surface area contributed by atoms with Crippen LogP contribution in [0.4, 0.5) is 0 Å². The van der Waals surface area contributed by atoms with E-state index in [0.29, 0.717) is 12.8 Å². The Morgan fingerprint density at radius 3 is 3.16 bits per heavy atom. The second-order valence-electron chi connectivity index (χ2n) is 5.34. The highest BCUT2D eigenvalue weighted by atomic mass is 16.5. The van der Waals surface area contributed by atoms with Crippen LogP contribution in [0.2, 0.25) is 0 Å². The SMILES string of the molecule is C=CC[C@@]12CCC(=O)C[C@@H]1Oc1c(OC)cccc12. The van der Waals surface area contributed by atoms with Crippen LogP contribution in [0.15, 0.2) is 30.9 Å². The average Bonchev–Trinajstić information content (AvgIpc) is 2.73. The molecule has 100 valence electrons. The zero-order valence-corrected chi connectivity index (χ0v) is 11.1. The second-order valence-corrected chi connectivity index (χ2v) is 5.34. The van der Waals surface area contributed by atoms with Crippen molar-refractivity contribution in [1.29, 1.82) is 0 Å². The summed E-state index contributed by atoms with van der Waals surface area (Å²) in [5.74, 6) is 1.85. The molecule has 1 aromatic rings. The van der Waals surface area contributed by atoms with Crippen LogP contribution in [0.5, 0.6) is 11.5 Å². The molecule has 0 saturated heterocycles. The van der Waals surface area contributed by atoms with Gasteiger partial charge < -0.3 is 9.47 Å². The molecule has 1 aliphatic carbocycles. The van der Waals surface area contributed by atoms with Gasteiger partial charge in [0.25, 0.3) is 0 Å². The zero-order chi connectivity index (χ0) is 13.5. The highest BCUT2D eigenvalue weighted by molar-refractivity contribution is 5.81. The number of rotatable bonds is 3. The maximum Gasteiger partial charge on any atom is 0.165 e. The Bertz CT molecular complexity index is 535. The van der Waals surface area contributed by atoms with E-state index in [-0.39, 0.29) is 17.3 Å². The molecule has 1 aromatic carbocycles. The van der Waals surface area contributed by atoms with E-state index in [1.165, 1.54) is 5.56 Å². The minimum Gasteiger partial charge on any atom is -0.493 e. The summed E-state index contributed by atoms with van der Waals surface area (Å²) < 4.78 is 11.4. The van der Waals surface area contributed by atoms with E-state index in [2.05, 4.69) is 12.6 Å². The van der Waals surface area contributed by atoms with Crippen molar-refractivity contribution in [3.8, 4) is 11.5 Å². The summed E-state index contributed by atoms with van der Waals surface area (Å²) in [5, 5.41) is 0. The number of para-hydroxylation sites is 1. The van der Waals surface area contributed by atoms with Crippen molar-refractivity contribution in [1.82, 2.24) is 0 Å². The van der Waals surface area contributed by atoms with Gasteiger partial charge in [0.1, 0.15) is 11.9 Å². The highest BCUT2D eigenvalue weighted by Gasteiger charge is 2.51. The van der Waals surface area contributed by atoms with Gasteiger partial charge in [0.15, 0.2) is 11.5 Å². The fourth-order valence-electron chi connectivity index (χ4n) is 3.42. The molecule has 19 heavy (non-hydrogen) atoms. The minimum atomic E-state index is -0.0977. The summed E-state index contributed by atoms with van der Waals surface area (Å²) in [5.41, 5.74) is 1.07. The maximum atomic E-state index is 11.7. The number of carbonyl (C=O) groups excluding carboxylic acids is 1. The summed E-state index contributed by atoms with van der Waals surface area (Å²) >= 11 is 0. The lowest BCUT2D eigenvalue weighted by molar-refractivity contribution is -0.124. The molecule has 0 radical (unpaired) electrons. The molecule has 2 aliphatic rings. The molecular formula is C16H18O3. The number of methoxy groups -OCH3 is 1. The van der Waals surface area contributed by atoms with Gasteiger partial charge in [0.2, 0.25) is 0 Å². The van der Waals surface area contributed by atoms with Crippen molar-refractivity contribution in [2.75, 3.05) is 7.11 Å². The monoisotopic (exact) mass is 258 g/mol. The Morgan fingerprint density at radius 1 is 1.58 bits per heavy atom. The van der Waals surface area contributed by atoms with Gasteiger partial charge in [-0.05, 0) is 18.9 Å². The standard InChI is InChI=1S/C16H18O3/c1-3-8-16-9-7-11(17)10-14(16)19-15-12(16)5-4-6-13(15)18-2/h3-6,14H,1,7-10H2,2H3/t14-,16-/m0/s1. The van der Waals surface area contributed by atoms with E-state index in [4.69, 9.17) is 9.47 Å². The van der Waals surface area contributed by atoms with Crippen LogP contribution in [0.3, 0.4) is 0 Å². The Morgan fingerprint density at radius 2 is 2.42 bits per heavy atom. The van der Waals surface area contributed by atoms with Crippen molar-refractivity contribution < 1.29 is 14.3 Å². The lowest BCUT2D eigenvalue weighted by Crippen LogP contribution is -2.43. The maximum absolute atomic E-state index is 11.7. The number of Topliss-reactive ketones (excluding diaryl/α,β-unsaturated/α-hetero) is 1. The molecule has 3 rings (SSSR count). The zero-order valence-electron chi connectivity index (χ0n) is 11.1. The predicted octanol–water partition coefficient (Wildman–Crippen LogP) is 3.02. The molecule has 0 spiro atoms. The molecule has 0 amide bonds. The van der Waals surface area contributed by atoms with Crippen LogP contribution in [-0.2, 0) is 10.2 Å². The Kier molecular flexibility index (Phi) is 2.85. The van der Waals surface area contributed by atoms with E-state index < -0.39 is 0 Å². The van der Waals surface area contributed by atoms with E-state index >= 15 is 0 Å². The topological polar surface area (TPSA) is 35.5 Å². The molecule has 3 nitrogen and oxygen atoms in total. The van der Waals surface area contributed by atoms with E-state index in [9.17, 15) is 4.79 Å². The first kappa shape index (κ1) is 12.3. The molecule has 0 aromatic heterocycles. The van der Waals surface area contributed by atoms with Crippen molar-refractivity contribution >= 4 is 5.78 Å². The lowest BCUT2D eigenvalue weighted by Gasteiger charge is -2.36. The Hall–Kier alpha value is -1.77. The second kappa shape index (κ2) is 4.41. The molecule has 1 fully saturated rings. The van der Waals surface area contributed by atoms with Crippen LogP contribution in [0.25, 0.3) is 0 Å². The third kappa shape index (κ3) is 1.68. The number of hydrogen-bond donors (Lipinski definition) is 0. The molecule has 1 aliphatic heterocycles. The minimum absolute atomic E-state index is 0.0713. The third-order valence-corrected chi connectivity index (χ3v) is 4.38. The van der Waals surface area contributed by atoms with Crippen LogP contribution in [0.1, 0.15) is 31.2 Å². The third-order valence-electron chi connectivity index (χ3n) is 4.38. The first-order valence-corrected chi connectivity index (χ1v) is 6.68. The smallest absolute Gasteiger partial charge is 0.165 e. The number of benzene rings is 1. The number of ether oxygens (including phenoxy) is 2. The van der Waals surface area contributed by atoms with E-state index in [1.54, 1.807) is 7.11 Å². The van der Waals surface area contributed by atoms with Gasteiger partial charge in [-0.2, -0.15) is 0 Å². The number of fused-ring (bicyclic) bond motifs is 3. The van der Waals surface area contributed by atoms with Gasteiger partial charge in [0.05, 0.1) is 7.11 Å². The predicted molar refractivity (Wildman–Crippen MR) is 72.8 cm³/mol. The Balaban J connectivity index is 2.12. The van der Waals surface area contributed by atoms with Gasteiger partial charge in [-0.15, -0.1) is 6.58 Å². The summed E-state index contributed by atoms with van der Waals surface area (Å²) in [6.45, 7) is 3.87. The van der Waals surface area contributed by atoms with Gasteiger partial charge in [0, 0.05) is 23.8 Å². The van der Waals surface area contributed by atoms with Crippen LogP contribution in [-0.4, -0.2) is 19.0 Å². The first-order chi connectivity index (χ1) is 9.21. The van der Waals surface area contributed by atoms with Gasteiger partial charge in [-0.25, -0.2) is 0 Å². The van der Waals surface area contributed by atoms with Crippen LogP contribution in [0, 0.1) is 0 Å². The van der Waals surface area contributed by atoms with Crippen LogP contribution >= 0.6 is 0 Å². The lowest BCUT2D eigenvalue weighted by atomic mass is 9.66. The van der Waals surface area contributed by atoms with E-state index in [0.717, 1.165) is 24.3 Å². The van der Waals surface area contributed by atoms with E-state index in [1.807, 2.05) is 18.2 Å². The number of carbonyl (C=O) groups is 1. The van der Waals surface area contributed by atoms with Crippen molar-refractivity contribution in [3.05, 3.63) is 36.4 Å². The van der Waals surface area contributed by atoms with Gasteiger partial charge in [-0.1, -0.05) is 18.2 Å². The number of hydrogen-bond acceptors (Lipinski definition) is 3. The number of ketones is 1. The first-order valence-electron chi connectivity index (χ1n) is 6.68. The largest absolute Gasteiger partial charge is 0.493 e. The van der Waals surface area contributed by atoms with Crippen molar-refractivity contribution in [3.63, 3.8) is 0 Å². The Labute approximate surface area is 113 Å². The average molecular weight is 258 g/mol. The molecule has 0 unspecified atom stereocenters. The normalized spacial score (nSPS) is 28.3. The van der Waals surface area contributed by atoms with Crippen LogP contribution < -0.4 is 9.47 Å². The summed E-state index contributed by atoms with van der Waals surface area (Å²) in [4.78, 5) is 11.7. The fourth-order valence-corrected chi connectivity index (χ4v) is 3.42.